The van der Waals surface area contributed by atoms with Crippen molar-refractivity contribution in [1.29, 1.82) is 0 Å². The number of aromatic nitrogens is 1. The lowest BCUT2D eigenvalue weighted by atomic mass is 9.81. The molecule has 1 saturated heterocycles. The van der Waals surface area contributed by atoms with Gasteiger partial charge in [0.1, 0.15) is 0 Å². The van der Waals surface area contributed by atoms with Crippen molar-refractivity contribution in [3.8, 4) is 0 Å². The van der Waals surface area contributed by atoms with E-state index in [4.69, 9.17) is 0 Å². The van der Waals surface area contributed by atoms with Gasteiger partial charge in [0.15, 0.2) is 0 Å². The summed E-state index contributed by atoms with van der Waals surface area (Å²) in [5, 5.41) is 4.57. The zero-order valence-corrected chi connectivity index (χ0v) is 13.7. The van der Waals surface area contributed by atoms with Crippen LogP contribution in [0.4, 0.5) is 0 Å². The van der Waals surface area contributed by atoms with E-state index in [9.17, 15) is 4.79 Å². The average molecular weight is 316 g/mol. The summed E-state index contributed by atoms with van der Waals surface area (Å²) >= 11 is 0. The number of hydrogen-bond acceptors (Lipinski definition) is 1. The van der Waals surface area contributed by atoms with Crippen LogP contribution in [0.3, 0.4) is 0 Å². The van der Waals surface area contributed by atoms with Gasteiger partial charge >= 0.3 is 0 Å². The molecule has 0 unspecified atom stereocenters. The number of amides is 1. The molecule has 5 rings (SSSR count). The normalized spacial score (nSPS) is 25.4. The Kier molecular flexibility index (Phi) is 2.87. The lowest BCUT2D eigenvalue weighted by Gasteiger charge is -2.31. The first-order valence-electron chi connectivity index (χ1n) is 8.67. The number of piperidine rings is 1. The second-order valence-electron chi connectivity index (χ2n) is 7.01. The fourth-order valence-corrected chi connectivity index (χ4v) is 4.88. The molecular formula is C21H20N2O. The number of nitrogens with zero attached hydrogens (tertiary/aromatic N) is 1. The molecule has 0 saturated carbocycles. The molecule has 3 aromatic rings. The minimum absolute atomic E-state index is 0.137. The molecule has 1 aliphatic carbocycles. The van der Waals surface area contributed by atoms with Crippen LogP contribution in [0.1, 0.15) is 41.6 Å². The van der Waals surface area contributed by atoms with Crippen LogP contribution in [-0.2, 0) is 11.8 Å². The van der Waals surface area contributed by atoms with Crippen LogP contribution in [0.15, 0.2) is 54.6 Å². The first-order valence-corrected chi connectivity index (χ1v) is 8.67. The van der Waals surface area contributed by atoms with Crippen molar-refractivity contribution in [2.45, 2.75) is 24.8 Å². The van der Waals surface area contributed by atoms with Gasteiger partial charge < -0.3 is 9.88 Å². The number of aryl methyl sites for hydroxylation is 1. The van der Waals surface area contributed by atoms with E-state index in [0.29, 0.717) is 18.3 Å². The van der Waals surface area contributed by atoms with Gasteiger partial charge in [-0.3, -0.25) is 4.79 Å². The van der Waals surface area contributed by atoms with Gasteiger partial charge in [-0.15, -0.1) is 0 Å². The SMILES string of the molecule is Cn1c2c(c3ccccc31)[C@H]1NC(=O)CC[C@H]1[C@@H]2c1ccccc1. The summed E-state index contributed by atoms with van der Waals surface area (Å²) in [6, 6.07) is 19.5. The first-order chi connectivity index (χ1) is 11.8. The highest BCUT2D eigenvalue weighted by molar-refractivity contribution is 5.89. The third kappa shape index (κ3) is 1.75. The molecule has 1 aliphatic heterocycles. The molecule has 2 heterocycles. The predicted octanol–water partition coefficient (Wildman–Crippen LogP) is 3.89. The number of hydrogen-bond donors (Lipinski definition) is 1. The van der Waals surface area contributed by atoms with Crippen molar-refractivity contribution >= 4 is 16.8 Å². The summed E-state index contributed by atoms with van der Waals surface area (Å²) in [4.78, 5) is 12.1. The summed E-state index contributed by atoms with van der Waals surface area (Å²) in [6.07, 6.45) is 1.59. The third-order valence-corrected chi connectivity index (χ3v) is 5.83. The molecule has 0 bridgehead atoms. The Morgan fingerprint density at radius 1 is 1.04 bits per heavy atom. The number of para-hydroxylation sites is 1. The van der Waals surface area contributed by atoms with Gasteiger partial charge in [-0.2, -0.15) is 0 Å². The lowest BCUT2D eigenvalue weighted by molar-refractivity contribution is -0.124. The van der Waals surface area contributed by atoms with E-state index in [1.54, 1.807) is 0 Å². The average Bonchev–Trinajstić information content (AvgIpc) is 3.10. The molecule has 1 amide bonds. The van der Waals surface area contributed by atoms with Crippen LogP contribution < -0.4 is 5.32 Å². The molecule has 3 nitrogen and oxygen atoms in total. The standard InChI is InChI=1S/C21H20N2O/c1-23-16-10-6-5-9-14(16)19-20-15(11-12-17(24)22-20)18(21(19)23)13-7-3-2-4-8-13/h2-10,15,18,20H,11-12H2,1H3,(H,22,24)/t15-,18-,20-/m0/s1. The van der Waals surface area contributed by atoms with Crippen molar-refractivity contribution in [3.63, 3.8) is 0 Å². The minimum atomic E-state index is 0.137. The van der Waals surface area contributed by atoms with Crippen molar-refractivity contribution in [1.82, 2.24) is 9.88 Å². The second kappa shape index (κ2) is 4.97. The van der Waals surface area contributed by atoms with Crippen molar-refractivity contribution < 1.29 is 4.79 Å². The number of carbonyl (C=O) groups excluding carboxylic acids is 1. The van der Waals surface area contributed by atoms with Crippen molar-refractivity contribution in [3.05, 3.63) is 71.4 Å². The van der Waals surface area contributed by atoms with Crippen LogP contribution >= 0.6 is 0 Å². The van der Waals surface area contributed by atoms with E-state index < -0.39 is 0 Å². The molecule has 24 heavy (non-hydrogen) atoms. The van der Waals surface area contributed by atoms with Crippen LogP contribution in [0.25, 0.3) is 10.9 Å². The third-order valence-electron chi connectivity index (χ3n) is 5.83. The van der Waals surface area contributed by atoms with Gasteiger partial charge in [0, 0.05) is 41.5 Å². The monoisotopic (exact) mass is 316 g/mol. The molecule has 2 aliphatic rings. The summed E-state index contributed by atoms with van der Waals surface area (Å²) < 4.78 is 2.34. The second-order valence-corrected chi connectivity index (χ2v) is 7.01. The summed E-state index contributed by atoms with van der Waals surface area (Å²) in [7, 11) is 2.16. The molecular weight excluding hydrogens is 296 g/mol. The number of nitrogens with one attached hydrogen (secondary N) is 1. The largest absolute Gasteiger partial charge is 0.349 e. The van der Waals surface area contributed by atoms with Gasteiger partial charge in [-0.1, -0.05) is 48.5 Å². The van der Waals surface area contributed by atoms with Gasteiger partial charge in [0.2, 0.25) is 5.91 Å². The maximum atomic E-state index is 12.1. The highest BCUT2D eigenvalue weighted by Gasteiger charge is 2.47. The number of fused-ring (bicyclic) bond motifs is 5. The predicted molar refractivity (Wildman–Crippen MR) is 94.8 cm³/mol. The molecule has 0 radical (unpaired) electrons. The van der Waals surface area contributed by atoms with Gasteiger partial charge in [-0.05, 0) is 24.0 Å². The van der Waals surface area contributed by atoms with Gasteiger partial charge in [0.05, 0.1) is 6.04 Å². The minimum Gasteiger partial charge on any atom is -0.349 e. The summed E-state index contributed by atoms with van der Waals surface area (Å²) in [6.45, 7) is 0. The molecule has 0 spiro atoms. The highest BCUT2D eigenvalue weighted by Crippen LogP contribution is 2.54. The Balaban J connectivity index is 1.80. The summed E-state index contributed by atoms with van der Waals surface area (Å²) in [5.74, 6) is 0.985. The first kappa shape index (κ1) is 13.8. The van der Waals surface area contributed by atoms with E-state index >= 15 is 0 Å². The topological polar surface area (TPSA) is 34.0 Å². The van der Waals surface area contributed by atoms with E-state index in [1.165, 1.54) is 27.7 Å². The Morgan fingerprint density at radius 3 is 2.62 bits per heavy atom. The molecule has 2 aromatic carbocycles. The summed E-state index contributed by atoms with van der Waals surface area (Å²) in [5.41, 5.74) is 5.31. The fraction of sp³-hybridized carbons (Fsp3) is 0.286. The molecule has 1 fully saturated rings. The van der Waals surface area contributed by atoms with Crippen molar-refractivity contribution in [2.24, 2.45) is 13.0 Å². The zero-order chi connectivity index (χ0) is 16.3. The Labute approximate surface area is 141 Å². The number of rotatable bonds is 1. The highest BCUT2D eigenvalue weighted by atomic mass is 16.1. The fourth-order valence-electron chi connectivity index (χ4n) is 4.88. The van der Waals surface area contributed by atoms with E-state index in [2.05, 4.69) is 71.5 Å². The Bertz CT molecular complexity index is 941. The van der Waals surface area contributed by atoms with Crippen LogP contribution in [-0.4, -0.2) is 10.5 Å². The van der Waals surface area contributed by atoms with E-state index in [0.717, 1.165) is 6.42 Å². The van der Waals surface area contributed by atoms with Crippen LogP contribution in [0.5, 0.6) is 0 Å². The van der Waals surface area contributed by atoms with Gasteiger partial charge in [0.25, 0.3) is 0 Å². The molecule has 3 atom stereocenters. The van der Waals surface area contributed by atoms with E-state index in [1.807, 2.05) is 0 Å². The maximum Gasteiger partial charge on any atom is 0.220 e. The van der Waals surface area contributed by atoms with Gasteiger partial charge in [-0.25, -0.2) is 0 Å². The molecule has 3 heteroatoms. The Hall–Kier alpha value is -2.55. The maximum absolute atomic E-state index is 12.1. The molecule has 1 aromatic heterocycles. The Morgan fingerprint density at radius 2 is 1.79 bits per heavy atom. The quantitative estimate of drug-likeness (QED) is 0.726. The van der Waals surface area contributed by atoms with E-state index in [-0.39, 0.29) is 11.9 Å². The van der Waals surface area contributed by atoms with Crippen LogP contribution in [0, 0.1) is 5.92 Å². The molecule has 120 valence electrons. The number of carbonyl (C=O) groups is 1. The van der Waals surface area contributed by atoms with Crippen LogP contribution in [0.2, 0.25) is 0 Å². The number of benzene rings is 2. The molecule has 1 N–H and O–H groups in total. The lowest BCUT2D eigenvalue weighted by Crippen LogP contribution is -2.37. The van der Waals surface area contributed by atoms with Crippen molar-refractivity contribution in [2.75, 3.05) is 0 Å². The zero-order valence-electron chi connectivity index (χ0n) is 13.7. The smallest absolute Gasteiger partial charge is 0.220 e.